The molecule has 0 spiro atoms. The minimum Gasteiger partial charge on any atom is -0.485 e. The molecule has 0 saturated carbocycles. The van der Waals surface area contributed by atoms with Gasteiger partial charge in [0.2, 0.25) is 0 Å². The molecule has 3 N–H and O–H groups in total. The highest BCUT2D eigenvalue weighted by molar-refractivity contribution is 5.87. The standard InChI is InChI=1S/C12H14N4O5/c13-7-8-5-10(16(18)19)11(6-9(8)14)20-3-1-15-2-4-21-12(15)17/h5-7,13H,1-4,14H2. The number of nitro groups is 1. The molecular weight excluding hydrogens is 280 g/mol. The molecule has 0 bridgehead atoms. The number of hydrogen-bond acceptors (Lipinski definition) is 7. The van der Waals surface area contributed by atoms with E-state index >= 15 is 0 Å². The first-order valence-corrected chi connectivity index (χ1v) is 6.16. The average Bonchev–Trinajstić information content (AvgIpc) is 2.84. The third-order valence-electron chi connectivity index (χ3n) is 2.98. The summed E-state index contributed by atoms with van der Waals surface area (Å²) in [6.07, 6.45) is 0.513. The Morgan fingerprint density at radius 3 is 2.90 bits per heavy atom. The number of nitro benzene ring substituents is 1. The van der Waals surface area contributed by atoms with Crippen molar-refractivity contribution in [3.8, 4) is 5.75 Å². The Kier molecular flexibility index (Phi) is 4.21. The SMILES string of the molecule is N=Cc1cc([N+](=O)[O-])c(OCCN2CCOC2=O)cc1N. The van der Waals surface area contributed by atoms with Gasteiger partial charge in [0.15, 0.2) is 5.75 Å². The number of nitrogens with one attached hydrogen (secondary N) is 1. The van der Waals surface area contributed by atoms with Gasteiger partial charge in [0.25, 0.3) is 0 Å². The summed E-state index contributed by atoms with van der Waals surface area (Å²) in [7, 11) is 0. The highest BCUT2D eigenvalue weighted by Gasteiger charge is 2.22. The van der Waals surface area contributed by atoms with Gasteiger partial charge >= 0.3 is 11.8 Å². The second-order valence-corrected chi connectivity index (χ2v) is 4.30. The number of nitrogens with zero attached hydrogens (tertiary/aromatic N) is 2. The fourth-order valence-electron chi connectivity index (χ4n) is 1.88. The Hall–Kier alpha value is -2.84. The maximum absolute atomic E-state index is 11.2. The first-order valence-electron chi connectivity index (χ1n) is 6.16. The van der Waals surface area contributed by atoms with E-state index in [1.807, 2.05) is 0 Å². The van der Waals surface area contributed by atoms with Gasteiger partial charge in [-0.1, -0.05) is 0 Å². The van der Waals surface area contributed by atoms with Gasteiger partial charge in [-0.3, -0.25) is 10.1 Å². The van der Waals surface area contributed by atoms with E-state index in [1.165, 1.54) is 17.0 Å². The zero-order chi connectivity index (χ0) is 15.4. The van der Waals surface area contributed by atoms with E-state index in [1.54, 1.807) is 0 Å². The number of nitrogens with two attached hydrogens (primary N) is 1. The fraction of sp³-hybridized carbons (Fsp3) is 0.333. The number of cyclic esters (lactones) is 1. The molecule has 9 heteroatoms. The van der Waals surface area contributed by atoms with Gasteiger partial charge in [0.1, 0.15) is 13.2 Å². The van der Waals surface area contributed by atoms with E-state index in [2.05, 4.69) is 0 Å². The van der Waals surface area contributed by atoms with Crippen LogP contribution in [-0.2, 0) is 4.74 Å². The minimum absolute atomic E-state index is 0.00987. The number of anilines is 1. The summed E-state index contributed by atoms with van der Waals surface area (Å²) in [5.41, 5.74) is 5.87. The largest absolute Gasteiger partial charge is 0.485 e. The Bertz CT molecular complexity index is 589. The van der Waals surface area contributed by atoms with Crippen molar-refractivity contribution in [2.45, 2.75) is 0 Å². The second-order valence-electron chi connectivity index (χ2n) is 4.30. The van der Waals surface area contributed by atoms with E-state index in [9.17, 15) is 14.9 Å². The first-order chi connectivity index (χ1) is 10.0. The molecule has 1 aromatic carbocycles. The van der Waals surface area contributed by atoms with Crippen molar-refractivity contribution in [2.75, 3.05) is 32.0 Å². The molecule has 1 aliphatic heterocycles. The van der Waals surface area contributed by atoms with Gasteiger partial charge in [-0.05, 0) is 0 Å². The van der Waals surface area contributed by atoms with Crippen molar-refractivity contribution in [2.24, 2.45) is 0 Å². The van der Waals surface area contributed by atoms with Crippen LogP contribution in [0.3, 0.4) is 0 Å². The number of benzene rings is 1. The molecule has 1 fully saturated rings. The number of ether oxygens (including phenoxy) is 2. The maximum atomic E-state index is 11.2. The van der Waals surface area contributed by atoms with E-state index in [0.717, 1.165) is 6.21 Å². The molecule has 1 aromatic rings. The summed E-state index contributed by atoms with van der Waals surface area (Å²) >= 11 is 0. The van der Waals surface area contributed by atoms with Crippen molar-refractivity contribution in [1.82, 2.24) is 4.90 Å². The van der Waals surface area contributed by atoms with Gasteiger partial charge in [0.05, 0.1) is 18.0 Å². The topological polar surface area (TPSA) is 132 Å². The number of carbonyl (C=O) groups excluding carboxylic acids is 1. The predicted molar refractivity (Wildman–Crippen MR) is 73.8 cm³/mol. The van der Waals surface area contributed by atoms with E-state index < -0.39 is 11.0 Å². The van der Waals surface area contributed by atoms with Crippen LogP contribution in [0.5, 0.6) is 5.75 Å². The molecule has 2 rings (SSSR count). The van der Waals surface area contributed by atoms with E-state index in [-0.39, 0.29) is 35.8 Å². The van der Waals surface area contributed by atoms with Crippen LogP contribution in [-0.4, -0.2) is 48.4 Å². The summed E-state index contributed by atoms with van der Waals surface area (Å²) in [5, 5.41) is 18.1. The average molecular weight is 294 g/mol. The summed E-state index contributed by atoms with van der Waals surface area (Å²) in [5.74, 6) is 0.00987. The van der Waals surface area contributed by atoms with Gasteiger partial charge in [0, 0.05) is 29.6 Å². The van der Waals surface area contributed by atoms with E-state index in [0.29, 0.717) is 13.2 Å². The van der Waals surface area contributed by atoms with Gasteiger partial charge < -0.3 is 25.5 Å². The van der Waals surface area contributed by atoms with Crippen LogP contribution in [0.25, 0.3) is 0 Å². The first kappa shape index (κ1) is 14.6. The molecule has 1 saturated heterocycles. The van der Waals surface area contributed by atoms with Crippen LogP contribution in [0, 0.1) is 15.5 Å². The molecular formula is C12H14N4O5. The quantitative estimate of drug-likeness (QED) is 0.348. The van der Waals surface area contributed by atoms with Crippen LogP contribution in [0.2, 0.25) is 0 Å². The van der Waals surface area contributed by atoms with Gasteiger partial charge in [-0.2, -0.15) is 0 Å². The Morgan fingerprint density at radius 1 is 1.57 bits per heavy atom. The van der Waals surface area contributed by atoms with Crippen molar-refractivity contribution in [3.05, 3.63) is 27.8 Å². The molecule has 0 aliphatic carbocycles. The smallest absolute Gasteiger partial charge is 0.410 e. The lowest BCUT2D eigenvalue weighted by molar-refractivity contribution is -0.385. The predicted octanol–water partition coefficient (Wildman–Crippen LogP) is 1.01. The second kappa shape index (κ2) is 6.07. The normalized spacial score (nSPS) is 13.9. The van der Waals surface area contributed by atoms with Crippen LogP contribution >= 0.6 is 0 Å². The van der Waals surface area contributed by atoms with Gasteiger partial charge in [-0.25, -0.2) is 4.79 Å². The lowest BCUT2D eigenvalue weighted by atomic mass is 10.1. The molecule has 0 unspecified atom stereocenters. The minimum atomic E-state index is -0.605. The van der Waals surface area contributed by atoms with Crippen molar-refractivity contribution in [3.63, 3.8) is 0 Å². The number of nitrogen functional groups attached to an aromatic ring is 1. The maximum Gasteiger partial charge on any atom is 0.410 e. The molecule has 1 amide bonds. The number of carbonyl (C=O) groups is 1. The van der Waals surface area contributed by atoms with Crippen molar-refractivity contribution in [1.29, 1.82) is 5.41 Å². The van der Waals surface area contributed by atoms with Crippen molar-refractivity contribution < 1.29 is 19.2 Å². The van der Waals surface area contributed by atoms with Crippen LogP contribution < -0.4 is 10.5 Å². The lowest BCUT2D eigenvalue weighted by Crippen LogP contribution is -2.29. The molecule has 9 nitrogen and oxygen atoms in total. The summed E-state index contributed by atoms with van der Waals surface area (Å²) in [6, 6.07) is 2.49. The third kappa shape index (κ3) is 3.19. The fourth-order valence-corrected chi connectivity index (χ4v) is 1.88. The molecule has 1 aliphatic rings. The van der Waals surface area contributed by atoms with E-state index in [4.69, 9.17) is 20.6 Å². The summed E-state index contributed by atoms with van der Waals surface area (Å²) < 4.78 is 10.1. The molecule has 112 valence electrons. The summed E-state index contributed by atoms with van der Waals surface area (Å²) in [6.45, 7) is 1.15. The molecule has 1 heterocycles. The highest BCUT2D eigenvalue weighted by atomic mass is 16.6. The number of hydrogen-bond donors (Lipinski definition) is 2. The molecule has 0 aromatic heterocycles. The summed E-state index contributed by atoms with van der Waals surface area (Å²) in [4.78, 5) is 23.1. The molecule has 21 heavy (non-hydrogen) atoms. The van der Waals surface area contributed by atoms with Crippen molar-refractivity contribution >= 4 is 23.7 Å². The Labute approximate surface area is 119 Å². The molecule has 0 radical (unpaired) electrons. The monoisotopic (exact) mass is 294 g/mol. The Balaban J connectivity index is 2.08. The van der Waals surface area contributed by atoms with Crippen LogP contribution in [0.15, 0.2) is 12.1 Å². The third-order valence-corrected chi connectivity index (χ3v) is 2.98. The zero-order valence-electron chi connectivity index (χ0n) is 11.1. The van der Waals surface area contributed by atoms with Crippen LogP contribution in [0.1, 0.15) is 5.56 Å². The van der Waals surface area contributed by atoms with Gasteiger partial charge in [-0.15, -0.1) is 0 Å². The molecule has 0 atom stereocenters. The number of rotatable bonds is 6. The lowest BCUT2D eigenvalue weighted by Gasteiger charge is -2.13. The number of amides is 1. The Morgan fingerprint density at radius 2 is 2.33 bits per heavy atom. The zero-order valence-corrected chi connectivity index (χ0v) is 11.1. The highest BCUT2D eigenvalue weighted by Crippen LogP contribution is 2.31. The van der Waals surface area contributed by atoms with Crippen LogP contribution in [0.4, 0.5) is 16.2 Å².